The number of carbonyl (C=O) groups excluding carboxylic acids is 2. The summed E-state index contributed by atoms with van der Waals surface area (Å²) in [4.78, 5) is 27.1. The summed E-state index contributed by atoms with van der Waals surface area (Å²) in [5.41, 5.74) is 3.69. The first-order chi connectivity index (χ1) is 15.0. The Morgan fingerprint density at radius 1 is 1.10 bits per heavy atom. The van der Waals surface area contributed by atoms with Crippen molar-refractivity contribution in [3.8, 4) is 11.5 Å². The third-order valence-electron chi connectivity index (χ3n) is 5.28. The summed E-state index contributed by atoms with van der Waals surface area (Å²) in [7, 11) is 1.35. The average Bonchev–Trinajstić information content (AvgIpc) is 2.74. The summed E-state index contributed by atoms with van der Waals surface area (Å²) in [6.45, 7) is 7.28. The lowest BCUT2D eigenvalue weighted by molar-refractivity contribution is -0.141. The number of esters is 1. The van der Waals surface area contributed by atoms with Gasteiger partial charge in [-0.25, -0.2) is 4.79 Å². The minimum Gasteiger partial charge on any atom is -0.490 e. The highest BCUT2D eigenvalue weighted by atomic mass is 16.5. The molecule has 2 aromatic rings. The maximum atomic E-state index is 13.2. The lowest BCUT2D eigenvalue weighted by Crippen LogP contribution is -2.43. The summed E-state index contributed by atoms with van der Waals surface area (Å²) in [6.07, 6.45) is 0.713. The molecule has 0 fully saturated rings. The fourth-order valence-electron chi connectivity index (χ4n) is 3.87. The normalized spacial score (nSPS) is 15.1. The van der Waals surface area contributed by atoms with E-state index in [9.17, 15) is 9.59 Å². The Labute approximate surface area is 183 Å². The van der Waals surface area contributed by atoms with Crippen LogP contribution < -0.4 is 14.8 Å². The minimum absolute atomic E-state index is 0.0598. The van der Waals surface area contributed by atoms with E-state index in [2.05, 4.69) is 5.32 Å². The topological polar surface area (TPSA) is 77.1 Å². The number of rotatable bonds is 7. The van der Waals surface area contributed by atoms with Crippen LogP contribution in [0.5, 0.6) is 11.5 Å². The maximum Gasteiger partial charge on any atom is 0.322 e. The van der Waals surface area contributed by atoms with Crippen LogP contribution in [0.3, 0.4) is 0 Å². The van der Waals surface area contributed by atoms with Gasteiger partial charge in [-0.3, -0.25) is 4.79 Å². The van der Waals surface area contributed by atoms with Gasteiger partial charge in [0.2, 0.25) is 0 Å². The zero-order valence-electron chi connectivity index (χ0n) is 18.6. The number of nitrogens with one attached hydrogen (secondary N) is 1. The van der Waals surface area contributed by atoms with E-state index in [0.29, 0.717) is 43.4 Å². The van der Waals surface area contributed by atoms with Crippen molar-refractivity contribution in [2.24, 2.45) is 0 Å². The monoisotopic (exact) mass is 426 g/mol. The molecule has 1 aliphatic heterocycles. The zero-order valence-corrected chi connectivity index (χ0v) is 18.6. The Balaban J connectivity index is 1.96. The molecular weight excluding hydrogens is 396 g/mol. The predicted octanol–water partition coefficient (Wildman–Crippen LogP) is 4.49. The number of hydrogen-bond acceptors (Lipinski definition) is 5. The Bertz CT molecular complexity index is 944. The van der Waals surface area contributed by atoms with Gasteiger partial charge in [0.1, 0.15) is 0 Å². The van der Waals surface area contributed by atoms with Gasteiger partial charge in [0.05, 0.1) is 32.8 Å². The highest BCUT2D eigenvalue weighted by Crippen LogP contribution is 2.40. The summed E-state index contributed by atoms with van der Waals surface area (Å²) in [5, 5.41) is 2.95. The molecule has 0 aliphatic carbocycles. The first-order valence-electron chi connectivity index (χ1n) is 10.6. The van der Waals surface area contributed by atoms with Gasteiger partial charge in [-0.15, -0.1) is 0 Å². The molecule has 0 radical (unpaired) electrons. The van der Waals surface area contributed by atoms with Crippen LogP contribution in [0, 0.1) is 6.92 Å². The second-order valence-electron chi connectivity index (χ2n) is 7.40. The number of fused-ring (bicyclic) bond motifs is 1. The van der Waals surface area contributed by atoms with Crippen LogP contribution in [-0.4, -0.2) is 43.8 Å². The fraction of sp³-hybridized carbons (Fsp3) is 0.417. The highest BCUT2D eigenvalue weighted by molar-refractivity contribution is 5.90. The van der Waals surface area contributed by atoms with Gasteiger partial charge in [0, 0.05) is 12.2 Å². The lowest BCUT2D eigenvalue weighted by Gasteiger charge is -2.37. The van der Waals surface area contributed by atoms with Crippen molar-refractivity contribution < 1.29 is 23.8 Å². The second kappa shape index (κ2) is 10.2. The van der Waals surface area contributed by atoms with E-state index in [-0.39, 0.29) is 18.4 Å². The minimum atomic E-state index is -0.462. The van der Waals surface area contributed by atoms with E-state index in [1.807, 2.05) is 57.2 Å². The van der Waals surface area contributed by atoms with E-state index in [4.69, 9.17) is 14.2 Å². The number of ether oxygens (including phenoxy) is 3. The molecule has 7 nitrogen and oxygen atoms in total. The van der Waals surface area contributed by atoms with Crippen LogP contribution in [0.2, 0.25) is 0 Å². The number of nitrogens with zero attached hydrogens (tertiary/aromatic N) is 1. The summed E-state index contributed by atoms with van der Waals surface area (Å²) < 4.78 is 16.4. The number of amides is 2. The number of urea groups is 1. The molecule has 1 heterocycles. The fourth-order valence-corrected chi connectivity index (χ4v) is 3.87. The lowest BCUT2D eigenvalue weighted by atomic mass is 9.90. The van der Waals surface area contributed by atoms with Gasteiger partial charge in [0.15, 0.2) is 11.5 Å². The van der Waals surface area contributed by atoms with Crippen LogP contribution in [-0.2, 0) is 16.0 Å². The van der Waals surface area contributed by atoms with Gasteiger partial charge in [-0.05, 0) is 68.1 Å². The first-order valence-corrected chi connectivity index (χ1v) is 10.6. The molecule has 166 valence electrons. The van der Waals surface area contributed by atoms with Gasteiger partial charge >= 0.3 is 12.0 Å². The van der Waals surface area contributed by atoms with E-state index in [1.54, 1.807) is 4.90 Å². The number of aryl methyl sites for hydroxylation is 1. The van der Waals surface area contributed by atoms with Crippen LogP contribution in [0.15, 0.2) is 36.4 Å². The first kappa shape index (κ1) is 22.5. The largest absolute Gasteiger partial charge is 0.490 e. The molecular formula is C24H30N2O5. The zero-order chi connectivity index (χ0) is 22.4. The molecule has 0 spiro atoms. The molecule has 1 N–H and O–H groups in total. The Hall–Kier alpha value is -3.22. The molecule has 1 aliphatic rings. The molecule has 0 aromatic heterocycles. The summed E-state index contributed by atoms with van der Waals surface area (Å²) in [5.74, 6) is 0.912. The summed E-state index contributed by atoms with van der Waals surface area (Å²) >= 11 is 0. The number of carbonyl (C=O) groups is 2. The predicted molar refractivity (Wildman–Crippen MR) is 119 cm³/mol. The highest BCUT2D eigenvalue weighted by Gasteiger charge is 2.34. The Morgan fingerprint density at radius 2 is 1.81 bits per heavy atom. The molecule has 2 aromatic carbocycles. The SMILES string of the molecule is CCOc1cc2c(cc1OCC)[C@@H](CC(=O)OC)N(C(=O)Nc1cccc(C)c1)CC2. The molecule has 2 amide bonds. The Kier molecular flexibility index (Phi) is 7.39. The standard InChI is InChI=1S/C24H30N2O5/c1-5-30-21-13-17-10-11-26(24(28)25-18-9-7-8-16(3)12-18)20(15-23(27)29-4)19(17)14-22(21)31-6-2/h7-9,12-14,20H,5-6,10-11,15H2,1-4H3,(H,25,28)/t20-/m1/s1. The molecule has 31 heavy (non-hydrogen) atoms. The van der Waals surface area contributed by atoms with E-state index in [0.717, 1.165) is 16.7 Å². The molecule has 0 saturated carbocycles. The van der Waals surface area contributed by atoms with E-state index < -0.39 is 6.04 Å². The third-order valence-corrected chi connectivity index (χ3v) is 5.28. The van der Waals surface area contributed by atoms with Crippen LogP contribution in [0.4, 0.5) is 10.5 Å². The molecule has 0 bridgehead atoms. The van der Waals surface area contributed by atoms with Crippen molar-refractivity contribution in [3.05, 3.63) is 53.1 Å². The van der Waals surface area contributed by atoms with Crippen molar-refractivity contribution in [1.29, 1.82) is 0 Å². The smallest absolute Gasteiger partial charge is 0.322 e. The number of benzene rings is 2. The van der Waals surface area contributed by atoms with Crippen molar-refractivity contribution >= 4 is 17.7 Å². The second-order valence-corrected chi connectivity index (χ2v) is 7.40. The van der Waals surface area contributed by atoms with Crippen LogP contribution in [0.1, 0.15) is 43.0 Å². The van der Waals surface area contributed by atoms with Gasteiger partial charge in [-0.2, -0.15) is 0 Å². The van der Waals surface area contributed by atoms with Gasteiger partial charge < -0.3 is 24.4 Å². The maximum absolute atomic E-state index is 13.2. The number of methoxy groups -OCH3 is 1. The molecule has 7 heteroatoms. The van der Waals surface area contributed by atoms with E-state index in [1.165, 1.54) is 7.11 Å². The van der Waals surface area contributed by atoms with Crippen molar-refractivity contribution in [2.45, 2.75) is 39.7 Å². The van der Waals surface area contributed by atoms with Gasteiger partial charge in [0.25, 0.3) is 0 Å². The Morgan fingerprint density at radius 3 is 2.45 bits per heavy atom. The summed E-state index contributed by atoms with van der Waals surface area (Å²) in [6, 6.07) is 10.8. The number of hydrogen-bond donors (Lipinski definition) is 1. The molecule has 0 saturated heterocycles. The van der Waals surface area contributed by atoms with E-state index >= 15 is 0 Å². The van der Waals surface area contributed by atoms with Crippen molar-refractivity contribution in [2.75, 3.05) is 32.2 Å². The van der Waals surface area contributed by atoms with Crippen LogP contribution >= 0.6 is 0 Å². The van der Waals surface area contributed by atoms with Gasteiger partial charge in [-0.1, -0.05) is 12.1 Å². The van der Waals surface area contributed by atoms with Crippen LogP contribution in [0.25, 0.3) is 0 Å². The quantitative estimate of drug-likeness (QED) is 0.660. The van der Waals surface area contributed by atoms with Crippen molar-refractivity contribution in [1.82, 2.24) is 4.90 Å². The van der Waals surface area contributed by atoms with Crippen molar-refractivity contribution in [3.63, 3.8) is 0 Å². The molecule has 1 atom stereocenters. The molecule has 3 rings (SSSR count). The average molecular weight is 427 g/mol. The number of anilines is 1. The third kappa shape index (κ3) is 5.29. The molecule has 0 unspecified atom stereocenters.